The van der Waals surface area contributed by atoms with E-state index in [1.54, 1.807) is 0 Å². The summed E-state index contributed by atoms with van der Waals surface area (Å²) in [6.45, 7) is 15.7. The summed E-state index contributed by atoms with van der Waals surface area (Å²) in [6, 6.07) is 53.9. The zero-order valence-electron chi connectivity index (χ0n) is 32.1. The lowest BCUT2D eigenvalue weighted by atomic mass is 9.78. The van der Waals surface area contributed by atoms with Crippen molar-refractivity contribution in [3.63, 3.8) is 0 Å². The van der Waals surface area contributed by atoms with Gasteiger partial charge in [0.1, 0.15) is 0 Å². The molecule has 1 heteroatoms. The van der Waals surface area contributed by atoms with E-state index < -0.39 is 0 Å². The molecule has 0 radical (unpaired) electrons. The van der Waals surface area contributed by atoms with Gasteiger partial charge in [0.2, 0.25) is 0 Å². The smallest absolute Gasteiger partial charge is 0.0462 e. The molecule has 262 valence electrons. The molecule has 0 spiro atoms. The number of allylic oxidation sites excluding steroid dienone is 3. The highest BCUT2D eigenvalue weighted by atomic mass is 15.1. The lowest BCUT2D eigenvalue weighted by Crippen LogP contribution is -2.16. The first-order valence-corrected chi connectivity index (χ1v) is 19.3. The van der Waals surface area contributed by atoms with Gasteiger partial charge in [-0.05, 0) is 115 Å². The molecule has 1 atom stereocenters. The standard InChI is InChI=1S/C50H43N.C2H6/c1-33-43-15-9-6-12-37(43)30-44(33)34-18-24-40(25-19-34)51(41-26-20-35(21-27-41)47-31-38-13-7-10-16-45(38)49(47,2)3)42-28-22-36(23-29-42)48-32-39-14-8-11-17-46(39)50(48,4)5;1-2/h6-33H,1-5H3;1-2H3. The monoisotopic (exact) mass is 687 g/mol. The molecule has 1 nitrogen and oxygen atoms in total. The fourth-order valence-corrected chi connectivity index (χ4v) is 8.89. The lowest BCUT2D eigenvalue weighted by molar-refractivity contribution is 0.704. The third-order valence-corrected chi connectivity index (χ3v) is 11.8. The quantitative estimate of drug-likeness (QED) is 0.168. The van der Waals surface area contributed by atoms with Gasteiger partial charge in [0.05, 0.1) is 0 Å². The second-order valence-electron chi connectivity index (χ2n) is 15.5. The van der Waals surface area contributed by atoms with E-state index in [2.05, 4.69) is 203 Å². The van der Waals surface area contributed by atoms with Crippen LogP contribution in [-0.4, -0.2) is 0 Å². The molecule has 3 aliphatic rings. The van der Waals surface area contributed by atoms with Gasteiger partial charge in [-0.1, -0.05) is 164 Å². The number of rotatable bonds is 6. The molecule has 0 N–H and O–H groups in total. The summed E-state index contributed by atoms with van der Waals surface area (Å²) in [4.78, 5) is 2.39. The van der Waals surface area contributed by atoms with Crippen LogP contribution >= 0.6 is 0 Å². The van der Waals surface area contributed by atoms with E-state index in [-0.39, 0.29) is 10.8 Å². The van der Waals surface area contributed by atoms with E-state index in [9.17, 15) is 0 Å². The molecular weight excluding hydrogens is 639 g/mol. The highest BCUT2D eigenvalue weighted by Gasteiger charge is 2.34. The van der Waals surface area contributed by atoms with Crippen molar-refractivity contribution in [2.45, 2.75) is 65.2 Å². The maximum absolute atomic E-state index is 2.39. The molecule has 3 aliphatic carbocycles. The van der Waals surface area contributed by atoms with Crippen molar-refractivity contribution in [2.24, 2.45) is 0 Å². The molecule has 0 heterocycles. The number of fused-ring (bicyclic) bond motifs is 3. The van der Waals surface area contributed by atoms with E-state index in [0.29, 0.717) is 5.92 Å². The second-order valence-corrected chi connectivity index (χ2v) is 15.5. The minimum Gasteiger partial charge on any atom is -0.311 e. The fourth-order valence-electron chi connectivity index (χ4n) is 8.89. The summed E-state index contributed by atoms with van der Waals surface area (Å²) in [7, 11) is 0. The van der Waals surface area contributed by atoms with E-state index in [0.717, 1.165) is 17.1 Å². The molecule has 0 saturated carbocycles. The first kappa shape index (κ1) is 34.4. The van der Waals surface area contributed by atoms with Crippen LogP contribution in [0.3, 0.4) is 0 Å². The van der Waals surface area contributed by atoms with Gasteiger partial charge in [0.25, 0.3) is 0 Å². The fraction of sp³-hybridized carbons (Fsp3) is 0.192. The molecule has 6 aromatic carbocycles. The number of hydrogen-bond acceptors (Lipinski definition) is 1. The number of nitrogens with zero attached hydrogens (tertiary/aromatic N) is 1. The molecule has 6 aromatic rings. The van der Waals surface area contributed by atoms with Crippen LogP contribution in [0.2, 0.25) is 0 Å². The van der Waals surface area contributed by atoms with Crippen LogP contribution in [0, 0.1) is 0 Å². The third-order valence-electron chi connectivity index (χ3n) is 11.8. The van der Waals surface area contributed by atoms with Crippen LogP contribution in [0.4, 0.5) is 17.1 Å². The zero-order chi connectivity index (χ0) is 36.9. The molecule has 0 aromatic heterocycles. The van der Waals surface area contributed by atoms with Gasteiger partial charge >= 0.3 is 0 Å². The number of anilines is 3. The van der Waals surface area contributed by atoms with Gasteiger partial charge in [-0.25, -0.2) is 0 Å². The van der Waals surface area contributed by atoms with E-state index in [4.69, 9.17) is 0 Å². The van der Waals surface area contributed by atoms with Crippen LogP contribution in [0.5, 0.6) is 0 Å². The van der Waals surface area contributed by atoms with Gasteiger partial charge in [-0.2, -0.15) is 0 Å². The second kappa shape index (κ2) is 13.4. The summed E-state index contributed by atoms with van der Waals surface area (Å²) >= 11 is 0. The molecule has 1 unspecified atom stereocenters. The molecule has 0 bridgehead atoms. The SMILES string of the molecule is CC.CC1C(c2ccc(N(c3ccc(C4=Cc5ccccc5C4(C)C)cc3)c3ccc(C4=Cc5ccccc5C4(C)C)cc3)cc2)=Cc2ccccc21. The largest absolute Gasteiger partial charge is 0.311 e. The third kappa shape index (κ3) is 5.80. The minimum atomic E-state index is -0.0441. The molecular formula is C52H49N. The van der Waals surface area contributed by atoms with Gasteiger partial charge in [-0.3, -0.25) is 0 Å². The Morgan fingerprint density at radius 1 is 0.415 bits per heavy atom. The Hall–Kier alpha value is -5.66. The number of hydrogen-bond donors (Lipinski definition) is 0. The van der Waals surface area contributed by atoms with Crippen LogP contribution in [0.1, 0.15) is 104 Å². The van der Waals surface area contributed by atoms with Gasteiger partial charge in [-0.15, -0.1) is 0 Å². The molecule has 0 aliphatic heterocycles. The van der Waals surface area contributed by atoms with Gasteiger partial charge in [0.15, 0.2) is 0 Å². The van der Waals surface area contributed by atoms with Crippen molar-refractivity contribution >= 4 is 52.0 Å². The predicted octanol–water partition coefficient (Wildman–Crippen LogP) is 14.5. The van der Waals surface area contributed by atoms with Crippen LogP contribution in [0.25, 0.3) is 34.9 Å². The van der Waals surface area contributed by atoms with Gasteiger partial charge in [0, 0.05) is 33.8 Å². The highest BCUT2D eigenvalue weighted by Crippen LogP contribution is 2.49. The summed E-state index contributed by atoms with van der Waals surface area (Å²) in [5.74, 6) is 0.379. The Morgan fingerprint density at radius 3 is 1.21 bits per heavy atom. The lowest BCUT2D eigenvalue weighted by Gasteiger charge is -2.28. The van der Waals surface area contributed by atoms with Crippen LogP contribution in [-0.2, 0) is 10.8 Å². The highest BCUT2D eigenvalue weighted by molar-refractivity contribution is 5.96. The van der Waals surface area contributed by atoms with E-state index >= 15 is 0 Å². The van der Waals surface area contributed by atoms with Crippen molar-refractivity contribution in [1.82, 2.24) is 0 Å². The van der Waals surface area contributed by atoms with E-state index in [1.165, 1.54) is 66.8 Å². The Morgan fingerprint density at radius 2 is 0.792 bits per heavy atom. The van der Waals surface area contributed by atoms with E-state index in [1.807, 2.05) is 13.8 Å². The Labute approximate surface area is 316 Å². The maximum Gasteiger partial charge on any atom is 0.0462 e. The summed E-state index contributed by atoms with van der Waals surface area (Å²) < 4.78 is 0. The molecule has 9 rings (SSSR count). The summed E-state index contributed by atoms with van der Waals surface area (Å²) in [5.41, 5.74) is 19.4. The Bertz CT molecular complexity index is 2280. The summed E-state index contributed by atoms with van der Waals surface area (Å²) in [6.07, 6.45) is 7.10. The predicted molar refractivity (Wildman–Crippen MR) is 230 cm³/mol. The number of benzene rings is 6. The average Bonchev–Trinajstić information content (AvgIpc) is 3.78. The average molecular weight is 688 g/mol. The Kier molecular flexibility index (Phi) is 8.70. The van der Waals surface area contributed by atoms with Crippen molar-refractivity contribution in [3.8, 4) is 0 Å². The minimum absolute atomic E-state index is 0.0441. The van der Waals surface area contributed by atoms with Crippen molar-refractivity contribution in [3.05, 3.63) is 196 Å². The Balaban J connectivity index is 0.00000197. The maximum atomic E-state index is 2.39. The first-order valence-electron chi connectivity index (χ1n) is 19.3. The van der Waals surface area contributed by atoms with Crippen LogP contribution < -0.4 is 4.90 Å². The molecule has 0 amide bonds. The molecule has 53 heavy (non-hydrogen) atoms. The van der Waals surface area contributed by atoms with Gasteiger partial charge < -0.3 is 4.90 Å². The van der Waals surface area contributed by atoms with Crippen molar-refractivity contribution in [2.75, 3.05) is 4.90 Å². The first-order chi connectivity index (χ1) is 25.7. The topological polar surface area (TPSA) is 3.24 Å². The van der Waals surface area contributed by atoms with Crippen molar-refractivity contribution in [1.29, 1.82) is 0 Å². The molecule has 0 fully saturated rings. The van der Waals surface area contributed by atoms with Crippen LogP contribution in [0.15, 0.2) is 146 Å². The molecule has 0 saturated heterocycles. The van der Waals surface area contributed by atoms with Crippen molar-refractivity contribution < 1.29 is 0 Å². The zero-order valence-corrected chi connectivity index (χ0v) is 32.1. The summed E-state index contributed by atoms with van der Waals surface area (Å²) in [5, 5.41) is 0. The normalized spacial score (nSPS) is 17.0.